The van der Waals surface area contributed by atoms with Gasteiger partial charge in [-0.05, 0) is 55.4 Å². The van der Waals surface area contributed by atoms with Crippen LogP contribution in [0.2, 0.25) is 0 Å². The molecule has 0 aromatic carbocycles. The molecule has 0 aromatic heterocycles. The normalized spacial score (nSPS) is 30.9. The van der Waals surface area contributed by atoms with Gasteiger partial charge in [-0.15, -0.1) is 0 Å². The number of hydrogen-bond acceptors (Lipinski definition) is 0. The standard InChI is InChI=1S/C15H24/c1-4-15(12(2)3)11-7-9-13-8-5-6-10-14(13)15/h6,10,12H,4-5,7-9,11H2,1-3H3. The fraction of sp³-hybridized carbons (Fsp3) is 0.733. The Morgan fingerprint density at radius 3 is 2.80 bits per heavy atom. The quantitative estimate of drug-likeness (QED) is 0.602. The largest absolute Gasteiger partial charge is 0.0839 e. The van der Waals surface area contributed by atoms with Crippen molar-refractivity contribution in [2.24, 2.45) is 11.3 Å². The molecule has 0 bridgehead atoms. The molecule has 0 amide bonds. The summed E-state index contributed by atoms with van der Waals surface area (Å²) in [5.41, 5.74) is 4.00. The van der Waals surface area contributed by atoms with E-state index >= 15 is 0 Å². The van der Waals surface area contributed by atoms with E-state index in [-0.39, 0.29) is 0 Å². The van der Waals surface area contributed by atoms with Crippen LogP contribution in [0, 0.1) is 11.3 Å². The van der Waals surface area contributed by atoms with Gasteiger partial charge in [0.1, 0.15) is 0 Å². The van der Waals surface area contributed by atoms with E-state index in [1.165, 1.54) is 38.5 Å². The number of allylic oxidation sites excluding steroid dienone is 4. The third kappa shape index (κ3) is 1.68. The Hall–Kier alpha value is -0.520. The van der Waals surface area contributed by atoms with Crippen molar-refractivity contribution in [3.63, 3.8) is 0 Å². The number of rotatable bonds is 2. The van der Waals surface area contributed by atoms with Gasteiger partial charge in [-0.1, -0.05) is 38.5 Å². The SMILES string of the molecule is CCC1(C(C)C)CCCC2=C1C=CCC2. The van der Waals surface area contributed by atoms with Gasteiger partial charge in [0, 0.05) is 0 Å². The molecule has 0 heteroatoms. The highest BCUT2D eigenvalue weighted by Gasteiger charge is 2.38. The summed E-state index contributed by atoms with van der Waals surface area (Å²) >= 11 is 0. The van der Waals surface area contributed by atoms with Crippen LogP contribution in [0.4, 0.5) is 0 Å². The van der Waals surface area contributed by atoms with Crippen LogP contribution in [-0.2, 0) is 0 Å². The molecule has 2 aliphatic rings. The maximum atomic E-state index is 2.45. The van der Waals surface area contributed by atoms with E-state index in [1.54, 1.807) is 11.1 Å². The summed E-state index contributed by atoms with van der Waals surface area (Å²) in [6.45, 7) is 7.18. The highest BCUT2D eigenvalue weighted by Crippen LogP contribution is 2.51. The zero-order chi connectivity index (χ0) is 10.9. The van der Waals surface area contributed by atoms with Crippen LogP contribution >= 0.6 is 0 Å². The molecule has 0 radical (unpaired) electrons. The van der Waals surface area contributed by atoms with Gasteiger partial charge in [0.25, 0.3) is 0 Å². The summed E-state index contributed by atoms with van der Waals surface area (Å²) in [5, 5.41) is 0. The van der Waals surface area contributed by atoms with Crippen molar-refractivity contribution in [3.8, 4) is 0 Å². The van der Waals surface area contributed by atoms with Crippen molar-refractivity contribution < 1.29 is 0 Å². The molecule has 0 N–H and O–H groups in total. The van der Waals surface area contributed by atoms with Crippen LogP contribution in [0.25, 0.3) is 0 Å². The third-order valence-corrected chi connectivity index (χ3v) is 4.65. The van der Waals surface area contributed by atoms with Crippen molar-refractivity contribution >= 4 is 0 Å². The molecule has 2 aliphatic carbocycles. The molecule has 15 heavy (non-hydrogen) atoms. The van der Waals surface area contributed by atoms with Gasteiger partial charge in [-0.25, -0.2) is 0 Å². The fourth-order valence-corrected chi connectivity index (χ4v) is 3.62. The summed E-state index contributed by atoms with van der Waals surface area (Å²) in [4.78, 5) is 0. The molecule has 0 saturated carbocycles. The van der Waals surface area contributed by atoms with Gasteiger partial charge in [0.15, 0.2) is 0 Å². The minimum Gasteiger partial charge on any atom is -0.0839 e. The maximum Gasteiger partial charge on any atom is -0.00271 e. The van der Waals surface area contributed by atoms with E-state index in [0.717, 1.165) is 5.92 Å². The van der Waals surface area contributed by atoms with Crippen molar-refractivity contribution in [1.82, 2.24) is 0 Å². The maximum absolute atomic E-state index is 2.45. The predicted octanol–water partition coefficient (Wildman–Crippen LogP) is 4.87. The zero-order valence-electron chi connectivity index (χ0n) is 10.5. The Labute approximate surface area is 94.5 Å². The summed E-state index contributed by atoms with van der Waals surface area (Å²) < 4.78 is 0. The van der Waals surface area contributed by atoms with Gasteiger partial charge in [0.2, 0.25) is 0 Å². The van der Waals surface area contributed by atoms with Crippen molar-refractivity contribution in [1.29, 1.82) is 0 Å². The molecular weight excluding hydrogens is 180 g/mol. The lowest BCUT2D eigenvalue weighted by Crippen LogP contribution is -2.32. The van der Waals surface area contributed by atoms with Gasteiger partial charge in [-0.2, -0.15) is 0 Å². The van der Waals surface area contributed by atoms with Crippen LogP contribution in [0.15, 0.2) is 23.3 Å². The summed E-state index contributed by atoms with van der Waals surface area (Å²) in [6, 6.07) is 0. The van der Waals surface area contributed by atoms with Gasteiger partial charge >= 0.3 is 0 Å². The molecule has 1 atom stereocenters. The second-order valence-electron chi connectivity index (χ2n) is 5.48. The molecule has 84 valence electrons. The predicted molar refractivity (Wildman–Crippen MR) is 66.8 cm³/mol. The fourth-order valence-electron chi connectivity index (χ4n) is 3.62. The van der Waals surface area contributed by atoms with Gasteiger partial charge < -0.3 is 0 Å². The molecule has 1 unspecified atom stereocenters. The second-order valence-corrected chi connectivity index (χ2v) is 5.48. The second kappa shape index (κ2) is 4.15. The summed E-state index contributed by atoms with van der Waals surface area (Å²) in [6.07, 6.45) is 12.9. The average Bonchev–Trinajstić information content (AvgIpc) is 2.28. The Bertz CT molecular complexity index is 293. The Morgan fingerprint density at radius 2 is 2.13 bits per heavy atom. The molecule has 0 aromatic rings. The lowest BCUT2D eigenvalue weighted by atomic mass is 9.61. The molecule has 0 fully saturated rings. The molecule has 0 nitrogen and oxygen atoms in total. The van der Waals surface area contributed by atoms with Crippen molar-refractivity contribution in [3.05, 3.63) is 23.3 Å². The molecule has 0 heterocycles. The van der Waals surface area contributed by atoms with Crippen molar-refractivity contribution in [2.45, 2.75) is 59.3 Å². The first-order valence-corrected chi connectivity index (χ1v) is 6.59. The lowest BCUT2D eigenvalue weighted by molar-refractivity contribution is 0.200. The first-order valence-electron chi connectivity index (χ1n) is 6.59. The summed E-state index contributed by atoms with van der Waals surface area (Å²) in [7, 11) is 0. The minimum atomic E-state index is 0.504. The zero-order valence-corrected chi connectivity index (χ0v) is 10.5. The Kier molecular flexibility index (Phi) is 3.04. The van der Waals surface area contributed by atoms with Crippen LogP contribution in [0.5, 0.6) is 0 Å². The van der Waals surface area contributed by atoms with Crippen LogP contribution < -0.4 is 0 Å². The van der Waals surface area contributed by atoms with E-state index in [2.05, 4.69) is 32.9 Å². The summed E-state index contributed by atoms with van der Waals surface area (Å²) in [5.74, 6) is 0.788. The third-order valence-electron chi connectivity index (χ3n) is 4.65. The average molecular weight is 204 g/mol. The highest BCUT2D eigenvalue weighted by molar-refractivity contribution is 5.37. The van der Waals surface area contributed by atoms with Gasteiger partial charge in [0.05, 0.1) is 0 Å². The van der Waals surface area contributed by atoms with E-state index in [1.807, 2.05) is 0 Å². The smallest absolute Gasteiger partial charge is 0.00271 e. The van der Waals surface area contributed by atoms with Crippen LogP contribution in [0.3, 0.4) is 0 Å². The molecule has 0 aliphatic heterocycles. The molecule has 0 saturated heterocycles. The Morgan fingerprint density at radius 1 is 1.33 bits per heavy atom. The topological polar surface area (TPSA) is 0 Å². The highest BCUT2D eigenvalue weighted by atomic mass is 14.4. The minimum absolute atomic E-state index is 0.504. The van der Waals surface area contributed by atoms with Crippen molar-refractivity contribution in [2.75, 3.05) is 0 Å². The number of hydrogen-bond donors (Lipinski definition) is 0. The molecule has 0 spiro atoms. The molecule has 2 rings (SSSR count). The van der Waals surface area contributed by atoms with E-state index in [9.17, 15) is 0 Å². The molecular formula is C15H24. The monoisotopic (exact) mass is 204 g/mol. The Balaban J connectivity index is 2.42. The first kappa shape index (κ1) is 11.0. The van der Waals surface area contributed by atoms with Gasteiger partial charge in [-0.3, -0.25) is 0 Å². The van der Waals surface area contributed by atoms with E-state index in [4.69, 9.17) is 0 Å². The first-order chi connectivity index (χ1) is 7.20. The van der Waals surface area contributed by atoms with E-state index < -0.39 is 0 Å². The van der Waals surface area contributed by atoms with Crippen LogP contribution in [0.1, 0.15) is 59.3 Å². The van der Waals surface area contributed by atoms with E-state index in [0.29, 0.717) is 5.41 Å². The lowest BCUT2D eigenvalue weighted by Gasteiger charge is -2.44. The van der Waals surface area contributed by atoms with Crippen LogP contribution in [-0.4, -0.2) is 0 Å².